The third kappa shape index (κ3) is 3.04. The minimum absolute atomic E-state index is 0.0514. The van der Waals surface area contributed by atoms with Crippen molar-refractivity contribution in [1.29, 1.82) is 0 Å². The summed E-state index contributed by atoms with van der Waals surface area (Å²) in [6, 6.07) is 6.23. The summed E-state index contributed by atoms with van der Waals surface area (Å²) in [5.41, 5.74) is 5.49. The molecule has 1 rings (SSSR count). The van der Waals surface area contributed by atoms with Crippen LogP contribution >= 0.6 is 0 Å². The third-order valence-electron chi connectivity index (χ3n) is 3.12. The summed E-state index contributed by atoms with van der Waals surface area (Å²) in [5, 5.41) is 10.5. The fourth-order valence-corrected chi connectivity index (χ4v) is 1.38. The Morgan fingerprint density at radius 1 is 1.39 bits per heavy atom. The van der Waals surface area contributed by atoms with Crippen molar-refractivity contribution in [3.8, 4) is 0 Å². The lowest BCUT2D eigenvalue weighted by atomic mass is 10.0. The minimum Gasteiger partial charge on any atom is -0.368 e. The maximum atomic E-state index is 11.3. The van der Waals surface area contributed by atoms with Gasteiger partial charge in [0.25, 0.3) is 5.69 Å². The van der Waals surface area contributed by atoms with Gasteiger partial charge in [0.1, 0.15) is 0 Å². The average Bonchev–Trinajstić information content (AvgIpc) is 2.29. The lowest BCUT2D eigenvalue weighted by Gasteiger charge is -2.32. The van der Waals surface area contributed by atoms with Gasteiger partial charge in [0.2, 0.25) is 5.91 Å². The molecule has 2 N–H and O–H groups in total. The lowest BCUT2D eigenvalue weighted by molar-refractivity contribution is -0.384. The van der Waals surface area contributed by atoms with Crippen molar-refractivity contribution in [2.24, 2.45) is 5.73 Å². The van der Waals surface area contributed by atoms with Gasteiger partial charge in [-0.3, -0.25) is 19.8 Å². The van der Waals surface area contributed by atoms with Gasteiger partial charge in [-0.25, -0.2) is 0 Å². The van der Waals surface area contributed by atoms with Crippen molar-refractivity contribution >= 4 is 11.6 Å². The highest BCUT2D eigenvalue weighted by Crippen LogP contribution is 2.17. The van der Waals surface area contributed by atoms with Gasteiger partial charge < -0.3 is 5.73 Å². The molecule has 0 aliphatic heterocycles. The van der Waals surface area contributed by atoms with Crippen LogP contribution in [0.1, 0.15) is 19.4 Å². The number of hydrogen-bond acceptors (Lipinski definition) is 4. The van der Waals surface area contributed by atoms with Crippen LogP contribution in [0.3, 0.4) is 0 Å². The molecule has 6 nitrogen and oxygen atoms in total. The number of nitro benzene ring substituents is 1. The molecule has 1 aromatic rings. The quantitative estimate of drug-likeness (QED) is 0.630. The number of likely N-dealkylation sites (N-methyl/N-ethyl adjacent to an activating group) is 1. The Kier molecular flexibility index (Phi) is 4.03. The van der Waals surface area contributed by atoms with Crippen LogP contribution in [-0.2, 0) is 11.3 Å². The Balaban J connectivity index is 2.79. The first-order valence-electron chi connectivity index (χ1n) is 5.49. The first-order valence-corrected chi connectivity index (χ1v) is 5.49. The van der Waals surface area contributed by atoms with E-state index in [1.54, 1.807) is 37.9 Å². The summed E-state index contributed by atoms with van der Waals surface area (Å²) in [6.45, 7) is 3.97. The zero-order valence-corrected chi connectivity index (χ0v) is 10.7. The highest BCUT2D eigenvalue weighted by molar-refractivity contribution is 5.83. The molecular weight excluding hydrogens is 234 g/mol. The van der Waals surface area contributed by atoms with E-state index in [2.05, 4.69) is 0 Å². The van der Waals surface area contributed by atoms with Crippen LogP contribution in [0.25, 0.3) is 0 Å². The number of benzene rings is 1. The number of rotatable bonds is 5. The fraction of sp³-hybridized carbons (Fsp3) is 0.417. The lowest BCUT2D eigenvalue weighted by Crippen LogP contribution is -2.51. The van der Waals surface area contributed by atoms with Crippen LogP contribution in [0.5, 0.6) is 0 Å². The number of primary amides is 1. The van der Waals surface area contributed by atoms with Crippen LogP contribution in [0.15, 0.2) is 24.3 Å². The zero-order chi connectivity index (χ0) is 13.9. The van der Waals surface area contributed by atoms with Crippen LogP contribution < -0.4 is 5.73 Å². The molecule has 1 amide bonds. The molecule has 1 aromatic carbocycles. The van der Waals surface area contributed by atoms with Gasteiger partial charge in [-0.15, -0.1) is 0 Å². The van der Waals surface area contributed by atoms with E-state index in [0.29, 0.717) is 6.54 Å². The van der Waals surface area contributed by atoms with E-state index in [9.17, 15) is 14.9 Å². The van der Waals surface area contributed by atoms with Crippen molar-refractivity contribution < 1.29 is 9.72 Å². The Hall–Kier alpha value is -1.95. The molecule has 0 fully saturated rings. The Bertz CT molecular complexity index is 454. The highest BCUT2D eigenvalue weighted by atomic mass is 16.6. The van der Waals surface area contributed by atoms with Crippen molar-refractivity contribution in [2.75, 3.05) is 7.05 Å². The summed E-state index contributed by atoms with van der Waals surface area (Å²) >= 11 is 0. The Labute approximate surface area is 106 Å². The van der Waals surface area contributed by atoms with Crippen molar-refractivity contribution in [1.82, 2.24) is 4.90 Å². The number of non-ortho nitro benzene ring substituents is 1. The van der Waals surface area contributed by atoms with Gasteiger partial charge in [-0.2, -0.15) is 0 Å². The van der Waals surface area contributed by atoms with E-state index in [1.807, 2.05) is 0 Å². The van der Waals surface area contributed by atoms with Crippen LogP contribution in [-0.4, -0.2) is 28.3 Å². The Morgan fingerprint density at radius 2 is 1.89 bits per heavy atom. The molecule has 0 aliphatic rings. The molecule has 0 radical (unpaired) electrons. The van der Waals surface area contributed by atoms with E-state index in [1.165, 1.54) is 12.1 Å². The molecule has 0 aromatic heterocycles. The van der Waals surface area contributed by atoms with Crippen molar-refractivity contribution in [3.63, 3.8) is 0 Å². The summed E-state index contributed by atoms with van der Waals surface area (Å²) in [5.74, 6) is -0.410. The Morgan fingerprint density at radius 3 is 2.28 bits per heavy atom. The number of carbonyl (C=O) groups is 1. The molecule has 0 saturated heterocycles. The summed E-state index contributed by atoms with van der Waals surface area (Å²) in [6.07, 6.45) is 0. The van der Waals surface area contributed by atoms with Gasteiger partial charge in [-0.1, -0.05) is 12.1 Å². The number of carbonyl (C=O) groups excluding carboxylic acids is 1. The summed E-state index contributed by atoms with van der Waals surface area (Å²) in [7, 11) is 1.78. The normalized spacial score (nSPS) is 11.6. The number of nitrogens with zero attached hydrogens (tertiary/aromatic N) is 2. The topological polar surface area (TPSA) is 89.5 Å². The molecule has 0 unspecified atom stereocenters. The SMILES string of the molecule is CN(Cc1ccc([N+](=O)[O-])cc1)C(C)(C)C(N)=O. The molecule has 0 saturated carbocycles. The summed E-state index contributed by atoms with van der Waals surface area (Å²) < 4.78 is 0. The second-order valence-electron chi connectivity index (χ2n) is 4.70. The molecule has 0 spiro atoms. The number of hydrogen-bond donors (Lipinski definition) is 1. The maximum Gasteiger partial charge on any atom is 0.269 e. The highest BCUT2D eigenvalue weighted by Gasteiger charge is 2.29. The van der Waals surface area contributed by atoms with Crippen LogP contribution in [0, 0.1) is 10.1 Å². The number of amides is 1. The molecule has 0 bridgehead atoms. The average molecular weight is 251 g/mol. The van der Waals surface area contributed by atoms with Crippen LogP contribution in [0.4, 0.5) is 5.69 Å². The molecular formula is C12H17N3O3. The minimum atomic E-state index is -0.762. The predicted octanol–water partition coefficient (Wildman–Crippen LogP) is 1.29. The molecule has 6 heteroatoms. The molecule has 98 valence electrons. The molecule has 18 heavy (non-hydrogen) atoms. The van der Waals surface area contributed by atoms with Crippen molar-refractivity contribution in [2.45, 2.75) is 25.9 Å². The number of nitrogens with two attached hydrogens (primary N) is 1. The standard InChI is InChI=1S/C12H17N3O3/c1-12(2,11(13)16)14(3)8-9-4-6-10(7-5-9)15(17)18/h4-7H,8H2,1-3H3,(H2,13,16). The van der Waals surface area contributed by atoms with Gasteiger partial charge in [0, 0.05) is 18.7 Å². The second kappa shape index (κ2) is 5.14. The summed E-state index contributed by atoms with van der Waals surface area (Å²) in [4.78, 5) is 23.2. The molecule has 0 aliphatic carbocycles. The van der Waals surface area contributed by atoms with E-state index in [4.69, 9.17) is 5.73 Å². The second-order valence-corrected chi connectivity index (χ2v) is 4.70. The maximum absolute atomic E-state index is 11.3. The number of nitro groups is 1. The first kappa shape index (κ1) is 14.1. The van der Waals surface area contributed by atoms with E-state index in [0.717, 1.165) is 5.56 Å². The molecule has 0 heterocycles. The van der Waals surface area contributed by atoms with Gasteiger partial charge >= 0.3 is 0 Å². The van der Waals surface area contributed by atoms with Crippen molar-refractivity contribution in [3.05, 3.63) is 39.9 Å². The smallest absolute Gasteiger partial charge is 0.269 e. The largest absolute Gasteiger partial charge is 0.368 e. The van der Waals surface area contributed by atoms with Crippen LogP contribution in [0.2, 0.25) is 0 Å². The van der Waals surface area contributed by atoms with E-state index >= 15 is 0 Å². The predicted molar refractivity (Wildman–Crippen MR) is 67.8 cm³/mol. The zero-order valence-electron chi connectivity index (χ0n) is 10.7. The third-order valence-corrected chi connectivity index (χ3v) is 3.12. The molecule has 0 atom stereocenters. The first-order chi connectivity index (χ1) is 8.25. The van der Waals surface area contributed by atoms with Gasteiger partial charge in [-0.05, 0) is 26.5 Å². The van der Waals surface area contributed by atoms with Gasteiger partial charge in [0.15, 0.2) is 0 Å². The van der Waals surface area contributed by atoms with E-state index < -0.39 is 16.4 Å². The fourth-order valence-electron chi connectivity index (χ4n) is 1.38. The van der Waals surface area contributed by atoms with Gasteiger partial charge in [0.05, 0.1) is 10.5 Å². The monoisotopic (exact) mass is 251 g/mol. The van der Waals surface area contributed by atoms with E-state index in [-0.39, 0.29) is 5.69 Å².